The topological polar surface area (TPSA) is 32.8 Å². The zero-order valence-electron chi connectivity index (χ0n) is 13.7. The van der Waals surface area contributed by atoms with Crippen LogP contribution in [0.3, 0.4) is 0 Å². The van der Waals surface area contributed by atoms with E-state index < -0.39 is 5.82 Å². The van der Waals surface area contributed by atoms with E-state index in [-0.39, 0.29) is 17.0 Å². The van der Waals surface area contributed by atoms with Gasteiger partial charge in [0.2, 0.25) is 0 Å². The number of amides is 1. The average molecular weight is 343 g/mol. The summed E-state index contributed by atoms with van der Waals surface area (Å²) >= 11 is 5.71. The second-order valence-electron chi connectivity index (χ2n) is 6.01. The molecule has 1 fully saturated rings. The number of methoxy groups -OCH3 is 1. The molecule has 6 heteroatoms. The Morgan fingerprint density at radius 1 is 1.43 bits per heavy atom. The first kappa shape index (κ1) is 18.2. The number of hydrogen-bond donors (Lipinski definition) is 0. The highest BCUT2D eigenvalue weighted by Crippen LogP contribution is 2.21. The summed E-state index contributed by atoms with van der Waals surface area (Å²) in [7, 11) is 3.73. The van der Waals surface area contributed by atoms with Gasteiger partial charge < -0.3 is 14.5 Å². The molecule has 4 nitrogen and oxygen atoms in total. The van der Waals surface area contributed by atoms with Gasteiger partial charge in [0.15, 0.2) is 0 Å². The Hall–Kier alpha value is -1.17. The number of carbonyl (C=O) groups excluding carboxylic acids is 1. The van der Waals surface area contributed by atoms with Gasteiger partial charge in [0, 0.05) is 31.9 Å². The molecule has 0 spiro atoms. The van der Waals surface area contributed by atoms with Crippen LogP contribution in [0.15, 0.2) is 18.2 Å². The minimum atomic E-state index is -0.558. The third-order valence-corrected chi connectivity index (χ3v) is 4.61. The van der Waals surface area contributed by atoms with Crippen molar-refractivity contribution < 1.29 is 13.9 Å². The third-order valence-electron chi connectivity index (χ3n) is 4.30. The molecule has 1 aliphatic rings. The largest absolute Gasteiger partial charge is 0.385 e. The Kier molecular flexibility index (Phi) is 6.81. The lowest BCUT2D eigenvalue weighted by atomic mass is 10.0. The summed E-state index contributed by atoms with van der Waals surface area (Å²) < 4.78 is 18.8. The first-order valence-electron chi connectivity index (χ1n) is 7.96. The molecule has 23 heavy (non-hydrogen) atoms. The number of piperidine rings is 1. The predicted molar refractivity (Wildman–Crippen MR) is 89.5 cm³/mol. The predicted octanol–water partition coefficient (Wildman–Crippen LogP) is 3.05. The Labute approximate surface area is 142 Å². The quantitative estimate of drug-likeness (QED) is 0.745. The average Bonchev–Trinajstić information content (AvgIpc) is 2.55. The van der Waals surface area contributed by atoms with Crippen molar-refractivity contribution in [2.45, 2.75) is 25.3 Å². The van der Waals surface area contributed by atoms with Gasteiger partial charge in [-0.1, -0.05) is 11.6 Å². The number of likely N-dealkylation sites (tertiary alicyclic amines) is 1. The second kappa shape index (κ2) is 8.62. The van der Waals surface area contributed by atoms with Crippen LogP contribution in [0.4, 0.5) is 4.39 Å². The maximum Gasteiger partial charge on any atom is 0.254 e. The number of halogens is 2. The molecule has 0 aromatic heterocycles. The molecule has 0 aliphatic carbocycles. The van der Waals surface area contributed by atoms with Crippen molar-refractivity contribution in [2.24, 2.45) is 0 Å². The lowest BCUT2D eigenvalue weighted by molar-refractivity contribution is 0.0563. The maximum atomic E-state index is 13.7. The molecule has 0 atom stereocenters. The molecular weight excluding hydrogens is 319 g/mol. The summed E-state index contributed by atoms with van der Waals surface area (Å²) in [5, 5.41) is 0.0341. The normalized spacial score (nSPS) is 16.5. The molecule has 1 saturated heterocycles. The van der Waals surface area contributed by atoms with E-state index >= 15 is 0 Å². The number of carbonyl (C=O) groups is 1. The van der Waals surface area contributed by atoms with Gasteiger partial charge in [-0.15, -0.1) is 0 Å². The maximum absolute atomic E-state index is 13.7. The van der Waals surface area contributed by atoms with Crippen molar-refractivity contribution >= 4 is 17.5 Å². The fraction of sp³-hybridized carbons (Fsp3) is 0.588. The van der Waals surface area contributed by atoms with Gasteiger partial charge in [0.25, 0.3) is 5.91 Å². The van der Waals surface area contributed by atoms with E-state index in [9.17, 15) is 9.18 Å². The Bertz CT molecular complexity index is 533. The van der Waals surface area contributed by atoms with E-state index in [4.69, 9.17) is 16.3 Å². The number of rotatable bonds is 6. The molecule has 0 unspecified atom stereocenters. The summed E-state index contributed by atoms with van der Waals surface area (Å²) in [6.45, 7) is 3.15. The van der Waals surface area contributed by atoms with Gasteiger partial charge in [-0.2, -0.15) is 0 Å². The lowest BCUT2D eigenvalue weighted by Crippen LogP contribution is -2.47. The lowest BCUT2D eigenvalue weighted by Gasteiger charge is -2.37. The van der Waals surface area contributed by atoms with Crippen LogP contribution in [0.5, 0.6) is 0 Å². The highest BCUT2D eigenvalue weighted by atomic mass is 35.5. The molecule has 0 N–H and O–H groups in total. The SMILES string of the molecule is COCCCN(C(=O)c1ccc(Cl)c(F)c1)C1CCN(C)CC1. The summed E-state index contributed by atoms with van der Waals surface area (Å²) in [5.41, 5.74) is 0.350. The minimum absolute atomic E-state index is 0.0341. The highest BCUT2D eigenvalue weighted by molar-refractivity contribution is 6.30. The molecule has 1 heterocycles. The molecule has 1 aliphatic heterocycles. The van der Waals surface area contributed by atoms with Gasteiger partial charge in [-0.25, -0.2) is 4.39 Å². The van der Waals surface area contributed by atoms with Gasteiger partial charge >= 0.3 is 0 Å². The van der Waals surface area contributed by atoms with Crippen molar-refractivity contribution in [3.05, 3.63) is 34.6 Å². The van der Waals surface area contributed by atoms with E-state index in [0.29, 0.717) is 18.7 Å². The fourth-order valence-corrected chi connectivity index (χ4v) is 3.05. The second-order valence-corrected chi connectivity index (χ2v) is 6.42. The van der Waals surface area contributed by atoms with E-state index in [1.807, 2.05) is 4.90 Å². The van der Waals surface area contributed by atoms with E-state index in [0.717, 1.165) is 32.4 Å². The van der Waals surface area contributed by atoms with Crippen LogP contribution in [-0.4, -0.2) is 62.1 Å². The highest BCUT2D eigenvalue weighted by Gasteiger charge is 2.27. The van der Waals surface area contributed by atoms with Gasteiger partial charge in [-0.3, -0.25) is 4.79 Å². The van der Waals surface area contributed by atoms with Gasteiger partial charge in [-0.05, 0) is 57.6 Å². The first-order chi connectivity index (χ1) is 11.0. The molecule has 128 valence electrons. The van der Waals surface area contributed by atoms with Crippen LogP contribution in [0.1, 0.15) is 29.6 Å². The molecule has 1 amide bonds. The molecule has 0 bridgehead atoms. The zero-order valence-corrected chi connectivity index (χ0v) is 14.5. The summed E-state index contributed by atoms with van der Waals surface area (Å²) in [5.74, 6) is -0.691. The minimum Gasteiger partial charge on any atom is -0.385 e. The van der Waals surface area contributed by atoms with Crippen molar-refractivity contribution in [3.8, 4) is 0 Å². The van der Waals surface area contributed by atoms with Crippen LogP contribution >= 0.6 is 11.6 Å². The fourth-order valence-electron chi connectivity index (χ4n) is 2.93. The molecule has 1 aromatic carbocycles. The van der Waals surface area contributed by atoms with Crippen molar-refractivity contribution in [2.75, 3.05) is 40.4 Å². The third kappa shape index (κ3) is 4.90. The molecule has 0 radical (unpaired) electrons. The number of benzene rings is 1. The van der Waals surface area contributed by atoms with Crippen LogP contribution in [-0.2, 0) is 4.74 Å². The summed E-state index contributed by atoms with van der Waals surface area (Å²) in [6, 6.07) is 4.44. The molecule has 0 saturated carbocycles. The van der Waals surface area contributed by atoms with Crippen molar-refractivity contribution in [1.29, 1.82) is 0 Å². The number of ether oxygens (including phenoxy) is 1. The molecule has 2 rings (SSSR count). The monoisotopic (exact) mass is 342 g/mol. The van der Waals surface area contributed by atoms with Crippen molar-refractivity contribution in [1.82, 2.24) is 9.80 Å². The van der Waals surface area contributed by atoms with Crippen molar-refractivity contribution in [3.63, 3.8) is 0 Å². The summed E-state index contributed by atoms with van der Waals surface area (Å²) in [6.07, 6.45) is 2.64. The first-order valence-corrected chi connectivity index (χ1v) is 8.34. The van der Waals surface area contributed by atoms with E-state index in [1.165, 1.54) is 12.1 Å². The Morgan fingerprint density at radius 3 is 2.74 bits per heavy atom. The van der Waals surface area contributed by atoms with Crippen LogP contribution in [0, 0.1) is 5.82 Å². The standard InChI is InChI=1S/C17H24ClFN2O2/c1-20-9-6-14(7-10-20)21(8-3-11-23-2)17(22)13-4-5-15(18)16(19)12-13/h4-5,12,14H,3,6-11H2,1-2H3. The Balaban J connectivity index is 2.14. The summed E-state index contributed by atoms with van der Waals surface area (Å²) in [4.78, 5) is 17.0. The molecular formula is C17H24ClFN2O2. The van der Waals surface area contributed by atoms with E-state index in [1.54, 1.807) is 13.2 Å². The Morgan fingerprint density at radius 2 is 2.13 bits per heavy atom. The van der Waals surface area contributed by atoms with Crippen LogP contribution < -0.4 is 0 Å². The number of hydrogen-bond acceptors (Lipinski definition) is 3. The molecule has 1 aromatic rings. The van der Waals surface area contributed by atoms with Crippen LogP contribution in [0.25, 0.3) is 0 Å². The zero-order chi connectivity index (χ0) is 16.8. The van der Waals surface area contributed by atoms with Crippen LogP contribution in [0.2, 0.25) is 5.02 Å². The number of nitrogens with zero attached hydrogens (tertiary/aromatic N) is 2. The van der Waals surface area contributed by atoms with E-state index in [2.05, 4.69) is 11.9 Å². The van der Waals surface area contributed by atoms with Gasteiger partial charge in [0.1, 0.15) is 5.82 Å². The van der Waals surface area contributed by atoms with Gasteiger partial charge in [0.05, 0.1) is 5.02 Å². The smallest absolute Gasteiger partial charge is 0.254 e.